The number of allylic oxidation sites excluding steroid dienone is 5. The normalized spacial score (nSPS) is 10.6. The molecule has 0 amide bonds. The van der Waals surface area contributed by atoms with E-state index in [1.807, 2.05) is 52.0 Å². The smallest absolute Gasteiger partial charge is 0.0398 e. The highest BCUT2D eigenvalue weighted by Crippen LogP contribution is 1.91. The largest absolute Gasteiger partial charge is 0.0988 e. The predicted octanol–water partition coefficient (Wildman–Crippen LogP) is 3.72. The van der Waals surface area contributed by atoms with Crippen LogP contribution in [0.3, 0.4) is 0 Å². The van der Waals surface area contributed by atoms with Gasteiger partial charge < -0.3 is 0 Å². The van der Waals surface area contributed by atoms with Crippen molar-refractivity contribution in [1.82, 2.24) is 0 Å². The van der Waals surface area contributed by atoms with Crippen molar-refractivity contribution in [1.29, 1.82) is 0 Å². The summed E-state index contributed by atoms with van der Waals surface area (Å²) in [5.74, 6) is 0. The van der Waals surface area contributed by atoms with E-state index < -0.39 is 0 Å². The molecule has 0 nitrogen and oxygen atoms in total. The Hall–Kier alpha value is -0.780. The summed E-state index contributed by atoms with van der Waals surface area (Å²) in [6, 6.07) is 0. The zero-order chi connectivity index (χ0) is 8.41. The van der Waals surface area contributed by atoms with Crippen molar-refractivity contribution in [2.45, 2.75) is 27.7 Å². The zero-order valence-corrected chi connectivity index (χ0v) is 7.52. The second-order valence-corrected chi connectivity index (χ2v) is 1.64. The summed E-state index contributed by atoms with van der Waals surface area (Å²) in [5.41, 5.74) is 1.20. The van der Waals surface area contributed by atoms with Gasteiger partial charge in [-0.1, -0.05) is 50.3 Å². The molecule has 0 heterocycles. The van der Waals surface area contributed by atoms with Crippen LogP contribution in [0.15, 0.2) is 36.5 Å². The monoisotopic (exact) mass is 138 g/mol. The number of rotatable bonds is 2. The molecule has 58 valence electrons. The van der Waals surface area contributed by atoms with Crippen molar-refractivity contribution < 1.29 is 0 Å². The lowest BCUT2D eigenvalue weighted by atomic mass is 10.3. The quantitative estimate of drug-likeness (QED) is 0.510. The summed E-state index contributed by atoms with van der Waals surface area (Å²) in [6.45, 7) is 11.6. The Kier molecular flexibility index (Phi) is 13.2. The first-order valence-electron chi connectivity index (χ1n) is 3.73. The lowest BCUT2D eigenvalue weighted by Crippen LogP contribution is -1.60. The van der Waals surface area contributed by atoms with E-state index in [2.05, 4.69) is 6.58 Å². The Morgan fingerprint density at radius 1 is 1.30 bits per heavy atom. The summed E-state index contributed by atoms with van der Waals surface area (Å²) in [7, 11) is 0. The number of hydrogen-bond acceptors (Lipinski definition) is 0. The van der Waals surface area contributed by atoms with E-state index in [4.69, 9.17) is 0 Å². The van der Waals surface area contributed by atoms with E-state index in [1.54, 1.807) is 0 Å². The average molecular weight is 138 g/mol. The molecule has 0 aliphatic heterocycles. The first kappa shape index (κ1) is 12.0. The maximum Gasteiger partial charge on any atom is -0.0398 e. The van der Waals surface area contributed by atoms with Gasteiger partial charge in [0.05, 0.1) is 0 Å². The molecule has 0 rings (SSSR count). The van der Waals surface area contributed by atoms with E-state index in [1.165, 1.54) is 5.57 Å². The maximum absolute atomic E-state index is 3.61. The Morgan fingerprint density at radius 2 is 1.80 bits per heavy atom. The van der Waals surface area contributed by atoms with Gasteiger partial charge in [0.15, 0.2) is 0 Å². The standard InChI is InChI=1S/C8H12.C2H6/c1-4-6-7-8(3)5-2;1-2/h4-7H,2H2,1,3H3;1-2H3/b6-4+,8-7-;. The minimum Gasteiger partial charge on any atom is -0.0988 e. The predicted molar refractivity (Wildman–Crippen MR) is 50.1 cm³/mol. The van der Waals surface area contributed by atoms with Crippen molar-refractivity contribution in [3.8, 4) is 0 Å². The lowest BCUT2D eigenvalue weighted by Gasteiger charge is -1.81. The minimum atomic E-state index is 1.20. The SMILES string of the molecule is C=C/C(C)=C\C=C\C.CC. The third-order valence-electron chi connectivity index (χ3n) is 0.874. The van der Waals surface area contributed by atoms with Gasteiger partial charge in [-0.05, 0) is 13.8 Å². The highest BCUT2D eigenvalue weighted by molar-refractivity contribution is 5.18. The Balaban J connectivity index is 0. The molecule has 0 aromatic rings. The molecule has 0 atom stereocenters. The van der Waals surface area contributed by atoms with Crippen LogP contribution in [-0.2, 0) is 0 Å². The van der Waals surface area contributed by atoms with Crippen LogP contribution in [0.25, 0.3) is 0 Å². The van der Waals surface area contributed by atoms with Gasteiger partial charge in [0.25, 0.3) is 0 Å². The minimum absolute atomic E-state index is 1.20. The van der Waals surface area contributed by atoms with Gasteiger partial charge in [0.1, 0.15) is 0 Å². The van der Waals surface area contributed by atoms with Crippen LogP contribution in [0.2, 0.25) is 0 Å². The van der Waals surface area contributed by atoms with Crippen molar-refractivity contribution in [3.63, 3.8) is 0 Å². The summed E-state index contributed by atoms with van der Waals surface area (Å²) >= 11 is 0. The Morgan fingerprint density at radius 3 is 2.10 bits per heavy atom. The van der Waals surface area contributed by atoms with E-state index in [0.717, 1.165) is 0 Å². The van der Waals surface area contributed by atoms with Crippen LogP contribution >= 0.6 is 0 Å². The van der Waals surface area contributed by atoms with E-state index in [0.29, 0.717) is 0 Å². The molecule has 0 saturated carbocycles. The molecule has 0 N–H and O–H groups in total. The molecule has 0 spiro atoms. The molecule has 0 fully saturated rings. The second-order valence-electron chi connectivity index (χ2n) is 1.64. The molecule has 0 saturated heterocycles. The van der Waals surface area contributed by atoms with Crippen molar-refractivity contribution in [2.75, 3.05) is 0 Å². The highest BCUT2D eigenvalue weighted by Gasteiger charge is 1.70. The molecule has 0 aliphatic carbocycles. The van der Waals surface area contributed by atoms with Crippen LogP contribution in [0, 0.1) is 0 Å². The van der Waals surface area contributed by atoms with Gasteiger partial charge in [-0.25, -0.2) is 0 Å². The molecule has 0 unspecified atom stereocenters. The molecular weight excluding hydrogens is 120 g/mol. The van der Waals surface area contributed by atoms with E-state index in [9.17, 15) is 0 Å². The molecule has 0 radical (unpaired) electrons. The Bertz CT molecular complexity index is 116. The molecule has 0 bridgehead atoms. The second kappa shape index (κ2) is 11.1. The summed E-state index contributed by atoms with van der Waals surface area (Å²) in [4.78, 5) is 0. The van der Waals surface area contributed by atoms with Crippen molar-refractivity contribution in [2.24, 2.45) is 0 Å². The zero-order valence-electron chi connectivity index (χ0n) is 7.52. The molecule has 0 heteroatoms. The molecule has 0 aromatic heterocycles. The van der Waals surface area contributed by atoms with Crippen molar-refractivity contribution in [3.05, 3.63) is 36.5 Å². The van der Waals surface area contributed by atoms with Crippen LogP contribution in [-0.4, -0.2) is 0 Å². The maximum atomic E-state index is 3.61. The van der Waals surface area contributed by atoms with Gasteiger partial charge in [0, 0.05) is 0 Å². The summed E-state index contributed by atoms with van der Waals surface area (Å²) in [5, 5.41) is 0. The first-order valence-corrected chi connectivity index (χ1v) is 3.73. The molecule has 0 aromatic carbocycles. The fraction of sp³-hybridized carbons (Fsp3) is 0.400. The van der Waals surface area contributed by atoms with Gasteiger partial charge in [-0.2, -0.15) is 0 Å². The van der Waals surface area contributed by atoms with Gasteiger partial charge in [0.2, 0.25) is 0 Å². The van der Waals surface area contributed by atoms with Crippen LogP contribution in [0.5, 0.6) is 0 Å². The van der Waals surface area contributed by atoms with Crippen LogP contribution in [0.1, 0.15) is 27.7 Å². The third-order valence-corrected chi connectivity index (χ3v) is 0.874. The number of hydrogen-bond donors (Lipinski definition) is 0. The summed E-state index contributed by atoms with van der Waals surface area (Å²) < 4.78 is 0. The third kappa shape index (κ3) is 10.3. The van der Waals surface area contributed by atoms with Crippen LogP contribution in [0.4, 0.5) is 0 Å². The lowest BCUT2D eigenvalue weighted by molar-refractivity contribution is 1.50. The summed E-state index contributed by atoms with van der Waals surface area (Å²) in [6.07, 6.45) is 7.84. The average Bonchev–Trinajstić information content (AvgIpc) is 2.04. The molecule has 0 aliphatic rings. The van der Waals surface area contributed by atoms with Crippen LogP contribution < -0.4 is 0 Å². The van der Waals surface area contributed by atoms with E-state index >= 15 is 0 Å². The molecule has 10 heavy (non-hydrogen) atoms. The first-order chi connectivity index (χ1) is 4.81. The van der Waals surface area contributed by atoms with Gasteiger partial charge >= 0.3 is 0 Å². The fourth-order valence-corrected chi connectivity index (χ4v) is 0.316. The Labute approximate surface area is 65.0 Å². The van der Waals surface area contributed by atoms with E-state index in [-0.39, 0.29) is 0 Å². The van der Waals surface area contributed by atoms with Gasteiger partial charge in [-0.15, -0.1) is 0 Å². The molecular formula is C10H18. The van der Waals surface area contributed by atoms with Crippen molar-refractivity contribution >= 4 is 0 Å². The highest BCUT2D eigenvalue weighted by atomic mass is 13.8. The topological polar surface area (TPSA) is 0 Å². The van der Waals surface area contributed by atoms with Gasteiger partial charge in [-0.3, -0.25) is 0 Å². The fourth-order valence-electron chi connectivity index (χ4n) is 0.316.